The van der Waals surface area contributed by atoms with E-state index in [4.69, 9.17) is 9.47 Å². The number of benzene rings is 2. The van der Waals surface area contributed by atoms with Crippen LogP contribution in [0.15, 0.2) is 48.5 Å². The smallest absolute Gasteiger partial charge is 0.426 e. The first-order valence-corrected chi connectivity index (χ1v) is 9.52. The number of rotatable bonds is 3. The van der Waals surface area contributed by atoms with Gasteiger partial charge in [-0.3, -0.25) is 0 Å². The second-order valence-electron chi connectivity index (χ2n) is 7.78. The van der Waals surface area contributed by atoms with Gasteiger partial charge in [0.05, 0.1) is 5.41 Å². The molecule has 0 aromatic heterocycles. The standard InChI is InChI=1S/C23H26O3/c1-5-22(4)17-13-9-10-14-18(17)23(6-2,16-12-8-7-11-15(16)3)20-19(22)25-21(24)26-20/h7-14,19-20H,5-6H2,1-4H3/t19-,20+,22+,23+/m0/s1. The minimum absolute atomic E-state index is 0.255. The van der Waals surface area contributed by atoms with Crippen LogP contribution in [0.5, 0.6) is 0 Å². The molecule has 3 heteroatoms. The lowest BCUT2D eigenvalue weighted by molar-refractivity contribution is 0.0223. The molecule has 1 fully saturated rings. The Morgan fingerprint density at radius 3 is 2.04 bits per heavy atom. The second-order valence-corrected chi connectivity index (χ2v) is 7.78. The number of fused-ring (bicyclic) bond motifs is 2. The molecule has 0 amide bonds. The molecule has 2 aromatic rings. The Balaban J connectivity index is 2.09. The van der Waals surface area contributed by atoms with Gasteiger partial charge in [-0.25, -0.2) is 4.79 Å². The third-order valence-electron chi connectivity index (χ3n) is 6.78. The van der Waals surface area contributed by atoms with E-state index in [1.807, 2.05) is 0 Å². The molecule has 0 radical (unpaired) electrons. The molecule has 136 valence electrons. The van der Waals surface area contributed by atoms with Crippen LogP contribution in [0.2, 0.25) is 0 Å². The van der Waals surface area contributed by atoms with Crippen LogP contribution in [0.25, 0.3) is 0 Å². The van der Waals surface area contributed by atoms with E-state index in [9.17, 15) is 4.79 Å². The van der Waals surface area contributed by atoms with Crippen LogP contribution >= 0.6 is 0 Å². The zero-order chi connectivity index (χ0) is 18.5. The highest BCUT2D eigenvalue weighted by atomic mass is 16.8. The summed E-state index contributed by atoms with van der Waals surface area (Å²) >= 11 is 0. The molecule has 0 bridgehead atoms. The molecular weight excluding hydrogens is 324 g/mol. The zero-order valence-corrected chi connectivity index (χ0v) is 15.9. The molecule has 1 saturated heterocycles. The predicted octanol–water partition coefficient (Wildman–Crippen LogP) is 5.28. The number of hydrogen-bond acceptors (Lipinski definition) is 3. The van der Waals surface area contributed by atoms with Gasteiger partial charge in [-0.05, 0) is 42.0 Å². The largest absolute Gasteiger partial charge is 0.509 e. The normalized spacial score (nSPS) is 32.4. The van der Waals surface area contributed by atoms with Gasteiger partial charge in [0.2, 0.25) is 0 Å². The number of aryl methyl sites for hydroxylation is 1. The van der Waals surface area contributed by atoms with Crippen molar-refractivity contribution in [1.29, 1.82) is 0 Å². The third kappa shape index (κ3) is 2.03. The summed E-state index contributed by atoms with van der Waals surface area (Å²) < 4.78 is 11.7. The van der Waals surface area contributed by atoms with E-state index in [0.717, 1.165) is 12.8 Å². The second kappa shape index (κ2) is 5.87. The monoisotopic (exact) mass is 350 g/mol. The van der Waals surface area contributed by atoms with Gasteiger partial charge in [0.15, 0.2) is 12.2 Å². The fourth-order valence-corrected chi connectivity index (χ4v) is 5.20. The van der Waals surface area contributed by atoms with Crippen molar-refractivity contribution in [2.45, 2.75) is 63.6 Å². The Bertz CT molecular complexity index is 858. The lowest BCUT2D eigenvalue weighted by atomic mass is 9.54. The minimum atomic E-state index is -0.543. The fourth-order valence-electron chi connectivity index (χ4n) is 5.20. The quantitative estimate of drug-likeness (QED) is 0.707. The summed E-state index contributed by atoms with van der Waals surface area (Å²) in [6.07, 6.45) is 0.580. The predicted molar refractivity (Wildman–Crippen MR) is 101 cm³/mol. The van der Waals surface area contributed by atoms with E-state index < -0.39 is 11.6 Å². The van der Waals surface area contributed by atoms with E-state index in [0.29, 0.717) is 0 Å². The van der Waals surface area contributed by atoms with Crippen molar-refractivity contribution in [2.75, 3.05) is 0 Å². The summed E-state index contributed by atoms with van der Waals surface area (Å²) in [6, 6.07) is 17.0. The van der Waals surface area contributed by atoms with Crippen LogP contribution in [-0.2, 0) is 20.3 Å². The van der Waals surface area contributed by atoms with Crippen LogP contribution in [-0.4, -0.2) is 18.4 Å². The van der Waals surface area contributed by atoms with Gasteiger partial charge in [0.1, 0.15) is 0 Å². The van der Waals surface area contributed by atoms with Gasteiger partial charge in [0, 0.05) is 5.41 Å². The summed E-state index contributed by atoms with van der Waals surface area (Å²) in [5.74, 6) is 0. The molecular formula is C23H26O3. The zero-order valence-electron chi connectivity index (χ0n) is 15.9. The SMILES string of the molecule is CC[C@@]1(c2ccccc2C)c2ccccc2[C@@](C)(CC)[C@H]2OC(=O)O[C@H]21. The molecule has 0 saturated carbocycles. The van der Waals surface area contributed by atoms with E-state index in [1.54, 1.807) is 0 Å². The number of carbonyl (C=O) groups excluding carboxylic acids is 1. The Labute approximate surface area is 155 Å². The summed E-state index contributed by atoms with van der Waals surface area (Å²) in [4.78, 5) is 12.2. The number of ether oxygens (including phenoxy) is 2. The van der Waals surface area contributed by atoms with Gasteiger partial charge in [-0.2, -0.15) is 0 Å². The van der Waals surface area contributed by atoms with Crippen molar-refractivity contribution in [3.8, 4) is 0 Å². The fraction of sp³-hybridized carbons (Fsp3) is 0.435. The van der Waals surface area contributed by atoms with Gasteiger partial charge in [-0.15, -0.1) is 0 Å². The molecule has 3 nitrogen and oxygen atoms in total. The summed E-state index contributed by atoms with van der Waals surface area (Å²) in [7, 11) is 0. The molecule has 1 heterocycles. The lowest BCUT2D eigenvalue weighted by Crippen LogP contribution is -2.58. The number of hydrogen-bond donors (Lipinski definition) is 0. The molecule has 4 atom stereocenters. The maximum Gasteiger partial charge on any atom is 0.509 e. The highest BCUT2D eigenvalue weighted by Crippen LogP contribution is 2.56. The number of carbonyl (C=O) groups is 1. The van der Waals surface area contributed by atoms with Gasteiger partial charge in [0.25, 0.3) is 0 Å². The Hall–Kier alpha value is -2.29. The van der Waals surface area contributed by atoms with Crippen LogP contribution < -0.4 is 0 Å². The summed E-state index contributed by atoms with van der Waals surface area (Å²) in [5, 5.41) is 0. The molecule has 26 heavy (non-hydrogen) atoms. The van der Waals surface area contributed by atoms with Gasteiger partial charge < -0.3 is 9.47 Å². The maximum atomic E-state index is 12.2. The summed E-state index contributed by atoms with van der Waals surface area (Å²) in [5.41, 5.74) is 4.32. The average Bonchev–Trinajstić information content (AvgIpc) is 3.06. The lowest BCUT2D eigenvalue weighted by Gasteiger charge is -2.51. The van der Waals surface area contributed by atoms with Crippen LogP contribution in [0.1, 0.15) is 55.9 Å². The van der Waals surface area contributed by atoms with Crippen LogP contribution in [0.4, 0.5) is 4.79 Å². The highest BCUT2D eigenvalue weighted by Gasteiger charge is 2.63. The molecule has 4 rings (SSSR count). The van der Waals surface area contributed by atoms with Crippen molar-refractivity contribution >= 4 is 6.16 Å². The summed E-state index contributed by atoms with van der Waals surface area (Å²) in [6.45, 7) is 8.67. The van der Waals surface area contributed by atoms with E-state index >= 15 is 0 Å². The van der Waals surface area contributed by atoms with Crippen LogP contribution in [0, 0.1) is 6.92 Å². The molecule has 2 aromatic carbocycles. The van der Waals surface area contributed by atoms with E-state index in [1.165, 1.54) is 22.3 Å². The van der Waals surface area contributed by atoms with Gasteiger partial charge in [-0.1, -0.05) is 69.3 Å². The van der Waals surface area contributed by atoms with Crippen molar-refractivity contribution in [3.63, 3.8) is 0 Å². The first-order valence-electron chi connectivity index (χ1n) is 9.52. The Morgan fingerprint density at radius 2 is 1.42 bits per heavy atom. The highest BCUT2D eigenvalue weighted by molar-refractivity contribution is 5.66. The van der Waals surface area contributed by atoms with Crippen molar-refractivity contribution in [1.82, 2.24) is 0 Å². The first-order chi connectivity index (χ1) is 12.5. The van der Waals surface area contributed by atoms with Crippen LogP contribution in [0.3, 0.4) is 0 Å². The Kier molecular flexibility index (Phi) is 3.87. The van der Waals surface area contributed by atoms with Gasteiger partial charge >= 0.3 is 6.16 Å². The molecule has 1 aliphatic heterocycles. The van der Waals surface area contributed by atoms with Crippen molar-refractivity contribution in [2.24, 2.45) is 0 Å². The third-order valence-corrected chi connectivity index (χ3v) is 6.78. The minimum Gasteiger partial charge on any atom is -0.426 e. The molecule has 0 N–H and O–H groups in total. The molecule has 1 aliphatic carbocycles. The van der Waals surface area contributed by atoms with Crippen molar-refractivity contribution in [3.05, 3.63) is 70.8 Å². The van der Waals surface area contributed by atoms with E-state index in [2.05, 4.69) is 76.2 Å². The van der Waals surface area contributed by atoms with E-state index in [-0.39, 0.29) is 17.6 Å². The topological polar surface area (TPSA) is 35.5 Å². The molecule has 0 spiro atoms. The molecule has 2 aliphatic rings. The van der Waals surface area contributed by atoms with Crippen molar-refractivity contribution < 1.29 is 14.3 Å². The molecule has 0 unspecified atom stereocenters. The average molecular weight is 350 g/mol. The maximum absolute atomic E-state index is 12.2. The Morgan fingerprint density at radius 1 is 0.846 bits per heavy atom. The first kappa shape index (κ1) is 17.1.